The zero-order valence-corrected chi connectivity index (χ0v) is 44.8. The van der Waals surface area contributed by atoms with Crippen molar-refractivity contribution in [2.24, 2.45) is 52.6 Å². The first kappa shape index (κ1) is 53.8. The van der Waals surface area contributed by atoms with Gasteiger partial charge in [0.25, 0.3) is 0 Å². The normalized spacial score (nSPS) is 34.3. The molecule has 1 saturated carbocycles. The number of rotatable bonds is 10. The molecule has 2 fully saturated rings. The van der Waals surface area contributed by atoms with Crippen LogP contribution >= 0.6 is 21.6 Å². The summed E-state index contributed by atoms with van der Waals surface area (Å²) in [7, 11) is 3.24. The van der Waals surface area contributed by atoms with Crippen molar-refractivity contribution >= 4 is 21.6 Å². The number of allylic oxidation sites excluding steroid dienone is 3. The Bertz CT molecular complexity index is 2720. The molecule has 4 aromatic rings. The molecule has 3 aromatic carbocycles. The number of benzene rings is 3. The summed E-state index contributed by atoms with van der Waals surface area (Å²) in [6.45, 7) is 2.44. The smallest absolute Gasteiger partial charge is 0.161 e. The Morgan fingerprint density at radius 1 is 0.840 bits per heavy atom. The highest BCUT2D eigenvalue weighted by atomic mass is 33.1. The van der Waals surface area contributed by atoms with Crippen LogP contribution in [0.1, 0.15) is 98.1 Å². The first-order chi connectivity index (χ1) is 36.4. The van der Waals surface area contributed by atoms with Crippen LogP contribution in [-0.4, -0.2) is 103 Å². The number of aliphatic hydroxyl groups is 6. The van der Waals surface area contributed by atoms with Crippen molar-refractivity contribution in [3.63, 3.8) is 0 Å². The molecule has 1 aromatic heterocycles. The van der Waals surface area contributed by atoms with Crippen LogP contribution in [0.2, 0.25) is 0 Å². The van der Waals surface area contributed by atoms with Gasteiger partial charge in [-0.15, -0.1) is 0 Å². The summed E-state index contributed by atoms with van der Waals surface area (Å²) in [4.78, 5) is 3.37. The van der Waals surface area contributed by atoms with Crippen LogP contribution in [-0.2, 0) is 19.3 Å². The first-order valence-electron chi connectivity index (χ1n) is 27.5. The third-order valence-electron chi connectivity index (χ3n) is 18.1. The molecule has 400 valence electrons. The number of phenols is 1. The molecule has 6 aliphatic rings. The van der Waals surface area contributed by atoms with Crippen molar-refractivity contribution in [1.29, 1.82) is 0 Å². The number of ether oxygens (including phenoxy) is 1. The minimum Gasteiger partial charge on any atom is -0.504 e. The van der Waals surface area contributed by atoms with Gasteiger partial charge in [-0.2, -0.15) is 0 Å². The average molecular weight is 1060 g/mol. The van der Waals surface area contributed by atoms with E-state index in [-0.39, 0.29) is 60.2 Å². The summed E-state index contributed by atoms with van der Waals surface area (Å²) in [6, 6.07) is 28.9. The number of dihydropyridines is 1. The number of hydrogen-bond acceptors (Lipinski definition) is 12. The molecule has 11 nitrogen and oxygen atoms in total. The quantitative estimate of drug-likeness (QED) is 0.0414. The van der Waals surface area contributed by atoms with Crippen LogP contribution in [0, 0.1) is 58.7 Å². The molecule has 1 spiro atoms. The maximum atomic E-state index is 12.6. The molecule has 15 unspecified atom stereocenters. The number of nitrogens with two attached hydrogens (primary N) is 1. The second-order valence-electron chi connectivity index (χ2n) is 22.6. The van der Waals surface area contributed by atoms with E-state index in [1.54, 1.807) is 27.7 Å². The van der Waals surface area contributed by atoms with Crippen molar-refractivity contribution in [2.45, 2.75) is 120 Å². The topological polar surface area (TPSA) is 205 Å². The van der Waals surface area contributed by atoms with E-state index in [0.717, 1.165) is 52.8 Å². The zero-order valence-electron chi connectivity index (χ0n) is 43.1. The van der Waals surface area contributed by atoms with Crippen LogP contribution < -0.4 is 15.8 Å². The highest BCUT2D eigenvalue weighted by Gasteiger charge is 2.50. The number of H-pyrrole nitrogens is 1. The zero-order chi connectivity index (χ0) is 52.2. The van der Waals surface area contributed by atoms with Crippen LogP contribution in [0.25, 0.3) is 0 Å². The number of aromatic amines is 1. The third kappa shape index (κ3) is 11.7. The predicted octanol–water partition coefficient (Wildman–Crippen LogP) is 8.31. The highest BCUT2D eigenvalue weighted by molar-refractivity contribution is 8.76. The molecule has 4 aliphatic carbocycles. The summed E-state index contributed by atoms with van der Waals surface area (Å²) in [5, 5.41) is 86.3. The molecule has 0 radical (unpaired) electrons. The second-order valence-corrected chi connectivity index (χ2v) is 25.1. The van der Waals surface area contributed by atoms with E-state index in [9.17, 15) is 35.7 Å². The number of aromatic hydroxyl groups is 1. The minimum absolute atomic E-state index is 0.0333. The van der Waals surface area contributed by atoms with Gasteiger partial charge in [-0.3, -0.25) is 0 Å². The largest absolute Gasteiger partial charge is 0.504 e. The number of aromatic nitrogens is 1. The summed E-state index contributed by atoms with van der Waals surface area (Å²) >= 11 is 0. The Kier molecular flexibility index (Phi) is 17.2. The van der Waals surface area contributed by atoms with E-state index in [1.807, 2.05) is 30.5 Å². The van der Waals surface area contributed by atoms with E-state index in [1.165, 1.54) is 11.1 Å². The number of fused-ring (bicyclic) bond motifs is 5. The Balaban J connectivity index is 1.02. The van der Waals surface area contributed by atoms with E-state index in [4.69, 9.17) is 10.5 Å². The van der Waals surface area contributed by atoms with Crippen LogP contribution in [0.15, 0.2) is 126 Å². The van der Waals surface area contributed by atoms with Gasteiger partial charge in [0.05, 0.1) is 24.4 Å². The Morgan fingerprint density at radius 2 is 1.64 bits per heavy atom. The lowest BCUT2D eigenvalue weighted by Crippen LogP contribution is -2.45. The molecule has 0 amide bonds. The van der Waals surface area contributed by atoms with Crippen molar-refractivity contribution < 1.29 is 40.5 Å². The van der Waals surface area contributed by atoms with E-state index < -0.39 is 53.7 Å². The molecule has 0 bridgehead atoms. The lowest BCUT2D eigenvalue weighted by Gasteiger charge is -2.49. The summed E-state index contributed by atoms with van der Waals surface area (Å²) in [6.07, 6.45) is 7.86. The first-order valence-corrected chi connectivity index (χ1v) is 30.0. The van der Waals surface area contributed by atoms with Gasteiger partial charge in [0.1, 0.15) is 11.9 Å². The summed E-state index contributed by atoms with van der Waals surface area (Å²) in [5.74, 6) is 7.71. The fourth-order valence-electron chi connectivity index (χ4n) is 14.1. The van der Waals surface area contributed by atoms with Gasteiger partial charge < -0.3 is 56.5 Å². The molecule has 11 N–H and O–H groups in total. The lowest BCUT2D eigenvalue weighted by atomic mass is 9.55. The molecule has 10 rings (SSSR count). The Hall–Kier alpha value is -4.62. The molecule has 2 aliphatic heterocycles. The molecule has 13 heteroatoms. The molecule has 3 heterocycles. The molecule has 1 saturated heterocycles. The van der Waals surface area contributed by atoms with E-state index in [2.05, 4.69) is 95.8 Å². The fraction of sp³-hybridized carbons (Fsp3) is 0.516. The Morgan fingerprint density at radius 3 is 2.39 bits per heavy atom. The van der Waals surface area contributed by atoms with Crippen molar-refractivity contribution in [1.82, 2.24) is 10.3 Å². The summed E-state index contributed by atoms with van der Waals surface area (Å²) < 4.78 is 6.95. The molecular weight excluding hydrogens is 979 g/mol. The van der Waals surface area contributed by atoms with Gasteiger partial charge in [0, 0.05) is 77.8 Å². The van der Waals surface area contributed by atoms with Crippen LogP contribution in [0.5, 0.6) is 11.5 Å². The van der Waals surface area contributed by atoms with Gasteiger partial charge in [-0.25, -0.2) is 0 Å². The van der Waals surface area contributed by atoms with Gasteiger partial charge in [0.2, 0.25) is 0 Å². The number of phenolic OH excluding ortho intramolecular Hbond substituents is 1. The number of hydrogen-bond donors (Lipinski definition) is 10. The standard InChI is InChI=1S/C62H77N3O8S2/c1-2-38-23-42-27-55(70)57(73-58-28-43(25-46-14-9-20-64-46)48-18-21-65-61(63)53(48)36-75-74-35-44(33-66)60(58)72)30-50(42)51-29-56(71)59-40(26-49(38)51)17-19-62(31-47(68)15-16-54(59)69)32-52(39-12-7-4-8-13-39)41(24-45(62)34-67)22-37-10-5-3-6-11-37/h3-14,18,20,26-27,30,38,40-41,43-45,47,51-52,54,56,58-60,64-72H,2,15-16,21-25,28-29,31-36,63H2,1H3. The molecular formula is C62H77N3O8S2. The van der Waals surface area contributed by atoms with E-state index in [0.29, 0.717) is 75.2 Å². The maximum Gasteiger partial charge on any atom is 0.161 e. The van der Waals surface area contributed by atoms with Gasteiger partial charge in [-0.05, 0) is 152 Å². The monoisotopic (exact) mass is 1060 g/mol. The minimum atomic E-state index is -1.08. The second kappa shape index (κ2) is 24.0. The summed E-state index contributed by atoms with van der Waals surface area (Å²) in [5.41, 5.74) is 14.6. The maximum absolute atomic E-state index is 12.6. The Labute approximate surface area is 451 Å². The van der Waals surface area contributed by atoms with Crippen molar-refractivity contribution in [3.05, 3.63) is 154 Å². The highest BCUT2D eigenvalue weighted by Crippen LogP contribution is 2.55. The van der Waals surface area contributed by atoms with E-state index >= 15 is 0 Å². The fourth-order valence-corrected chi connectivity index (χ4v) is 16.6. The average Bonchev–Trinajstić information content (AvgIpc) is 3.88. The molecule has 15 atom stereocenters. The van der Waals surface area contributed by atoms with Gasteiger partial charge in [-0.1, -0.05) is 119 Å². The SMILES string of the molecule is CCC1Cc2cc(O)c(OC3CC(Cc4ccc[nH]4)C4=CCNC(N)=C4CSSCC(CO)C3O)cc2C2CC(O)C3C(C#CC4(CC(O)CCC3O)CC(c3ccccc3)C(Cc3ccccc3)CC4CO)C=C12. The van der Waals surface area contributed by atoms with Crippen molar-refractivity contribution in [2.75, 3.05) is 31.3 Å². The number of aliphatic hydroxyl groups excluding tert-OH is 6. The van der Waals surface area contributed by atoms with Gasteiger partial charge >= 0.3 is 0 Å². The van der Waals surface area contributed by atoms with Crippen LogP contribution in [0.4, 0.5) is 0 Å². The van der Waals surface area contributed by atoms with Crippen molar-refractivity contribution in [3.8, 4) is 23.3 Å². The van der Waals surface area contributed by atoms with Gasteiger partial charge in [0.15, 0.2) is 11.5 Å². The van der Waals surface area contributed by atoms with Crippen LogP contribution in [0.3, 0.4) is 0 Å². The predicted molar refractivity (Wildman–Crippen MR) is 299 cm³/mol. The lowest BCUT2D eigenvalue weighted by molar-refractivity contribution is -0.0249. The number of nitrogens with one attached hydrogen (secondary N) is 2. The third-order valence-corrected chi connectivity index (χ3v) is 20.5. The molecule has 75 heavy (non-hydrogen) atoms.